The van der Waals surface area contributed by atoms with Gasteiger partial charge in [-0.1, -0.05) is 15.9 Å². The zero-order valence-electron chi connectivity index (χ0n) is 9.00. The van der Waals surface area contributed by atoms with Crippen LogP contribution in [0.1, 0.15) is 37.9 Å². The predicted octanol–water partition coefficient (Wildman–Crippen LogP) is 3.15. The SMILES string of the molecule is CC(O)c1cc2c(cc1Br)OC1(CCC1)O2. The Morgan fingerprint density at radius 3 is 2.44 bits per heavy atom. The minimum Gasteiger partial charge on any atom is -0.448 e. The smallest absolute Gasteiger partial charge is 0.251 e. The predicted molar refractivity (Wildman–Crippen MR) is 62.6 cm³/mol. The highest BCUT2D eigenvalue weighted by Gasteiger charge is 2.47. The average molecular weight is 285 g/mol. The summed E-state index contributed by atoms with van der Waals surface area (Å²) in [6.45, 7) is 1.74. The first-order valence-electron chi connectivity index (χ1n) is 5.49. The molecule has 16 heavy (non-hydrogen) atoms. The van der Waals surface area contributed by atoms with Crippen LogP contribution in [0.15, 0.2) is 16.6 Å². The minimum absolute atomic E-state index is 0.404. The second kappa shape index (κ2) is 3.37. The highest BCUT2D eigenvalue weighted by molar-refractivity contribution is 9.10. The van der Waals surface area contributed by atoms with Gasteiger partial charge in [0.05, 0.1) is 6.10 Å². The Morgan fingerprint density at radius 1 is 1.31 bits per heavy atom. The molecular formula is C12H13BrO3. The molecule has 1 unspecified atom stereocenters. The number of rotatable bonds is 1. The van der Waals surface area contributed by atoms with Crippen LogP contribution in [0.25, 0.3) is 0 Å². The highest BCUT2D eigenvalue weighted by atomic mass is 79.9. The van der Waals surface area contributed by atoms with Crippen LogP contribution in [0.2, 0.25) is 0 Å². The van der Waals surface area contributed by atoms with Crippen LogP contribution in [-0.4, -0.2) is 10.9 Å². The lowest BCUT2D eigenvalue weighted by Crippen LogP contribution is -2.45. The first kappa shape index (κ1) is 10.4. The number of hydrogen-bond donors (Lipinski definition) is 1. The maximum Gasteiger partial charge on any atom is 0.251 e. The molecule has 1 spiro atoms. The maximum absolute atomic E-state index is 9.61. The third kappa shape index (κ3) is 1.44. The fourth-order valence-electron chi connectivity index (χ4n) is 2.12. The van der Waals surface area contributed by atoms with E-state index in [0.717, 1.165) is 40.8 Å². The summed E-state index contributed by atoms with van der Waals surface area (Å²) in [7, 11) is 0. The maximum atomic E-state index is 9.61. The molecule has 1 aliphatic carbocycles. The Hall–Kier alpha value is -0.740. The molecular weight excluding hydrogens is 272 g/mol. The Kier molecular flexibility index (Phi) is 2.20. The normalized spacial score (nSPS) is 21.9. The van der Waals surface area contributed by atoms with E-state index in [0.29, 0.717) is 0 Å². The molecule has 86 valence electrons. The molecule has 0 bridgehead atoms. The molecule has 1 aliphatic heterocycles. The fraction of sp³-hybridized carbons (Fsp3) is 0.500. The van der Waals surface area contributed by atoms with Crippen molar-refractivity contribution in [1.29, 1.82) is 0 Å². The third-order valence-electron chi connectivity index (χ3n) is 3.22. The van der Waals surface area contributed by atoms with Gasteiger partial charge in [0.15, 0.2) is 11.5 Å². The van der Waals surface area contributed by atoms with Gasteiger partial charge in [0, 0.05) is 17.3 Å². The van der Waals surface area contributed by atoms with Gasteiger partial charge in [-0.15, -0.1) is 0 Å². The highest BCUT2D eigenvalue weighted by Crippen LogP contribution is 2.50. The monoisotopic (exact) mass is 284 g/mol. The third-order valence-corrected chi connectivity index (χ3v) is 3.91. The molecule has 0 saturated heterocycles. The lowest BCUT2D eigenvalue weighted by molar-refractivity contribution is -0.138. The van der Waals surface area contributed by atoms with Gasteiger partial charge in [-0.3, -0.25) is 0 Å². The van der Waals surface area contributed by atoms with Crippen molar-refractivity contribution in [3.63, 3.8) is 0 Å². The molecule has 1 N–H and O–H groups in total. The quantitative estimate of drug-likeness (QED) is 0.861. The summed E-state index contributed by atoms with van der Waals surface area (Å²) in [5.41, 5.74) is 0.832. The molecule has 1 fully saturated rings. The van der Waals surface area contributed by atoms with Crippen molar-refractivity contribution < 1.29 is 14.6 Å². The van der Waals surface area contributed by atoms with Gasteiger partial charge in [-0.25, -0.2) is 0 Å². The lowest BCUT2D eigenvalue weighted by atomic mass is 9.91. The second-order valence-electron chi connectivity index (χ2n) is 4.46. The van der Waals surface area contributed by atoms with E-state index in [1.807, 2.05) is 12.1 Å². The molecule has 1 saturated carbocycles. The summed E-state index contributed by atoms with van der Waals surface area (Å²) < 4.78 is 12.5. The molecule has 0 amide bonds. The average Bonchev–Trinajstić information content (AvgIpc) is 2.54. The zero-order chi connectivity index (χ0) is 11.3. The summed E-state index contributed by atoms with van der Waals surface area (Å²) >= 11 is 3.43. The molecule has 1 atom stereocenters. The lowest BCUT2D eigenvalue weighted by Gasteiger charge is -2.35. The van der Waals surface area contributed by atoms with Crippen LogP contribution < -0.4 is 9.47 Å². The first-order valence-corrected chi connectivity index (χ1v) is 6.28. The zero-order valence-corrected chi connectivity index (χ0v) is 10.6. The second-order valence-corrected chi connectivity index (χ2v) is 5.32. The van der Waals surface area contributed by atoms with Crippen LogP contribution in [0, 0.1) is 0 Å². The molecule has 3 nitrogen and oxygen atoms in total. The molecule has 3 rings (SSSR count). The molecule has 2 aliphatic rings. The molecule has 1 aromatic carbocycles. The van der Waals surface area contributed by atoms with Crippen molar-refractivity contribution in [2.75, 3.05) is 0 Å². The number of fused-ring (bicyclic) bond motifs is 1. The van der Waals surface area contributed by atoms with E-state index in [2.05, 4.69) is 15.9 Å². The van der Waals surface area contributed by atoms with Gasteiger partial charge in [-0.2, -0.15) is 0 Å². The number of benzene rings is 1. The molecule has 0 radical (unpaired) electrons. The van der Waals surface area contributed by atoms with Crippen LogP contribution in [0.4, 0.5) is 0 Å². The van der Waals surface area contributed by atoms with E-state index in [1.54, 1.807) is 6.92 Å². The number of halogens is 1. The standard InChI is InChI=1S/C12H13BrO3/c1-7(14)8-5-10-11(6-9(8)13)16-12(15-10)3-2-4-12/h5-7,14H,2-4H2,1H3. The van der Waals surface area contributed by atoms with Crippen molar-refractivity contribution in [3.8, 4) is 11.5 Å². The molecule has 1 aromatic rings. The van der Waals surface area contributed by atoms with E-state index in [1.165, 1.54) is 0 Å². The van der Waals surface area contributed by atoms with Crippen molar-refractivity contribution >= 4 is 15.9 Å². The van der Waals surface area contributed by atoms with Crippen molar-refractivity contribution in [2.24, 2.45) is 0 Å². The molecule has 4 heteroatoms. The number of aliphatic hydroxyl groups is 1. The summed E-state index contributed by atoms with van der Waals surface area (Å²) in [5, 5.41) is 9.61. The topological polar surface area (TPSA) is 38.7 Å². The van der Waals surface area contributed by atoms with Gasteiger partial charge in [0.1, 0.15) is 0 Å². The van der Waals surface area contributed by atoms with Crippen molar-refractivity contribution in [2.45, 2.75) is 38.1 Å². The fourth-order valence-corrected chi connectivity index (χ4v) is 2.78. The number of hydrogen-bond acceptors (Lipinski definition) is 3. The summed E-state index contributed by atoms with van der Waals surface area (Å²) in [6, 6.07) is 3.74. The van der Waals surface area contributed by atoms with Crippen LogP contribution in [-0.2, 0) is 0 Å². The van der Waals surface area contributed by atoms with E-state index >= 15 is 0 Å². The van der Waals surface area contributed by atoms with Gasteiger partial charge < -0.3 is 14.6 Å². The van der Waals surface area contributed by atoms with Gasteiger partial charge in [-0.05, 0) is 31.0 Å². The van der Waals surface area contributed by atoms with Crippen LogP contribution in [0.3, 0.4) is 0 Å². The van der Waals surface area contributed by atoms with E-state index in [-0.39, 0.29) is 0 Å². The number of aliphatic hydroxyl groups excluding tert-OH is 1. The van der Waals surface area contributed by atoms with Gasteiger partial charge in [0.2, 0.25) is 0 Å². The summed E-state index contributed by atoms with van der Waals surface area (Å²) in [5.74, 6) is 1.12. The Balaban J connectivity index is 1.99. The number of ether oxygens (including phenoxy) is 2. The van der Waals surface area contributed by atoms with E-state index in [9.17, 15) is 5.11 Å². The minimum atomic E-state index is -0.513. The Labute approximate surface area is 102 Å². The molecule has 1 heterocycles. The van der Waals surface area contributed by atoms with Gasteiger partial charge in [0.25, 0.3) is 5.79 Å². The van der Waals surface area contributed by atoms with Crippen molar-refractivity contribution in [1.82, 2.24) is 0 Å². The first-order chi connectivity index (χ1) is 7.60. The Morgan fingerprint density at radius 2 is 1.94 bits per heavy atom. The molecule has 0 aromatic heterocycles. The van der Waals surface area contributed by atoms with E-state index < -0.39 is 11.9 Å². The van der Waals surface area contributed by atoms with Crippen LogP contribution in [0.5, 0.6) is 11.5 Å². The van der Waals surface area contributed by atoms with E-state index in [4.69, 9.17) is 9.47 Å². The largest absolute Gasteiger partial charge is 0.448 e. The van der Waals surface area contributed by atoms with Crippen molar-refractivity contribution in [3.05, 3.63) is 22.2 Å². The van der Waals surface area contributed by atoms with Gasteiger partial charge >= 0.3 is 0 Å². The Bertz CT molecular complexity index is 438. The summed E-state index contributed by atoms with van der Waals surface area (Å²) in [4.78, 5) is 0. The van der Waals surface area contributed by atoms with Crippen LogP contribution >= 0.6 is 15.9 Å². The summed E-state index contributed by atoms with van der Waals surface area (Å²) in [6.07, 6.45) is 2.53.